The zero-order chi connectivity index (χ0) is 15.1. The van der Waals surface area contributed by atoms with Crippen LogP contribution in [0.1, 0.15) is 28.8 Å². The van der Waals surface area contributed by atoms with E-state index >= 15 is 0 Å². The summed E-state index contributed by atoms with van der Waals surface area (Å²) in [6.07, 6.45) is 2.13. The lowest BCUT2D eigenvalue weighted by Gasteiger charge is -2.32. The smallest absolute Gasteiger partial charge is 0.259 e. The summed E-state index contributed by atoms with van der Waals surface area (Å²) in [6, 6.07) is 2.83. The van der Waals surface area contributed by atoms with Crippen molar-refractivity contribution in [2.24, 2.45) is 5.92 Å². The molecule has 21 heavy (non-hydrogen) atoms. The average molecular weight is 294 g/mol. The number of hydrogen-bond acceptors (Lipinski definition) is 2. The second-order valence-corrected chi connectivity index (χ2v) is 6.30. The standard InChI is InChI=1S/C16H20F2N2O/c1-10-3-6-13(17)14(15(10)18)16(21)20-8-11-4-5-12(9-20)19(2)7-11/h3,6,11-12H,4-5,7-9H2,1-2H3/t11-,12-/m0/s1. The van der Waals surface area contributed by atoms with E-state index in [1.165, 1.54) is 12.1 Å². The van der Waals surface area contributed by atoms with E-state index in [1.54, 1.807) is 11.8 Å². The van der Waals surface area contributed by atoms with Gasteiger partial charge in [-0.05, 0) is 44.4 Å². The van der Waals surface area contributed by atoms with Crippen molar-refractivity contribution >= 4 is 5.91 Å². The molecule has 0 spiro atoms. The number of benzene rings is 1. The van der Waals surface area contributed by atoms with Crippen molar-refractivity contribution < 1.29 is 13.6 Å². The number of nitrogens with zero attached hydrogens (tertiary/aromatic N) is 2. The SMILES string of the molecule is Cc1ccc(F)c(C(=O)N2C[C@H]3CC[C@@H](C2)N(C)C3)c1F. The molecule has 5 heteroatoms. The average Bonchev–Trinajstić information content (AvgIpc) is 2.74. The molecule has 2 bridgehead atoms. The van der Waals surface area contributed by atoms with Gasteiger partial charge in [0.1, 0.15) is 17.2 Å². The molecule has 3 aliphatic rings. The molecule has 2 atom stereocenters. The number of rotatable bonds is 1. The summed E-state index contributed by atoms with van der Waals surface area (Å²) in [4.78, 5) is 16.5. The lowest BCUT2D eigenvalue weighted by molar-refractivity contribution is 0.0732. The third-order valence-electron chi connectivity index (χ3n) is 4.77. The van der Waals surface area contributed by atoms with Crippen LogP contribution in [-0.4, -0.2) is 48.4 Å². The molecule has 114 valence electrons. The Bertz CT molecular complexity index is 576. The van der Waals surface area contributed by atoms with E-state index in [0.29, 0.717) is 30.6 Å². The number of aryl methyl sites for hydroxylation is 1. The molecule has 3 heterocycles. The highest BCUT2D eigenvalue weighted by Crippen LogP contribution is 2.28. The highest BCUT2D eigenvalue weighted by atomic mass is 19.1. The van der Waals surface area contributed by atoms with Gasteiger partial charge in [0.25, 0.3) is 5.91 Å². The lowest BCUT2D eigenvalue weighted by Crippen LogP contribution is -2.42. The summed E-state index contributed by atoms with van der Waals surface area (Å²) < 4.78 is 28.1. The van der Waals surface area contributed by atoms with Crippen molar-refractivity contribution in [3.63, 3.8) is 0 Å². The van der Waals surface area contributed by atoms with Gasteiger partial charge in [-0.15, -0.1) is 0 Å². The number of hydrogen-bond donors (Lipinski definition) is 0. The maximum Gasteiger partial charge on any atom is 0.259 e. The number of amides is 1. The normalized spacial score (nSPS) is 26.0. The van der Waals surface area contributed by atoms with Gasteiger partial charge < -0.3 is 9.80 Å². The molecule has 3 aliphatic heterocycles. The molecule has 1 amide bonds. The van der Waals surface area contributed by atoms with Crippen LogP contribution in [0.15, 0.2) is 12.1 Å². The van der Waals surface area contributed by atoms with E-state index in [4.69, 9.17) is 0 Å². The first kappa shape index (κ1) is 14.4. The van der Waals surface area contributed by atoms with Crippen LogP contribution in [-0.2, 0) is 0 Å². The maximum atomic E-state index is 14.2. The molecule has 0 aliphatic carbocycles. The molecule has 3 nitrogen and oxygen atoms in total. The monoisotopic (exact) mass is 294 g/mol. The van der Waals surface area contributed by atoms with Gasteiger partial charge in [0, 0.05) is 25.7 Å². The molecule has 0 aromatic heterocycles. The zero-order valence-electron chi connectivity index (χ0n) is 12.4. The number of piperidine rings is 1. The van der Waals surface area contributed by atoms with Crippen LogP contribution in [0, 0.1) is 24.5 Å². The molecule has 3 fully saturated rings. The summed E-state index contributed by atoms with van der Waals surface area (Å²) >= 11 is 0. The minimum atomic E-state index is -0.770. The fraction of sp³-hybridized carbons (Fsp3) is 0.562. The van der Waals surface area contributed by atoms with Gasteiger partial charge in [-0.1, -0.05) is 6.07 Å². The van der Waals surface area contributed by atoms with E-state index in [9.17, 15) is 13.6 Å². The largest absolute Gasteiger partial charge is 0.337 e. The number of halogens is 2. The maximum absolute atomic E-state index is 14.2. The van der Waals surface area contributed by atoms with Crippen LogP contribution in [0.4, 0.5) is 8.78 Å². The van der Waals surface area contributed by atoms with Gasteiger partial charge in [0.05, 0.1) is 0 Å². The Hall–Kier alpha value is -1.49. The third kappa shape index (κ3) is 2.55. The first-order valence-electron chi connectivity index (χ1n) is 7.41. The first-order valence-corrected chi connectivity index (χ1v) is 7.41. The van der Waals surface area contributed by atoms with Crippen molar-refractivity contribution in [1.29, 1.82) is 0 Å². The van der Waals surface area contributed by atoms with Crippen LogP contribution in [0.25, 0.3) is 0 Å². The zero-order valence-corrected chi connectivity index (χ0v) is 12.4. The summed E-state index contributed by atoms with van der Waals surface area (Å²) in [5.41, 5.74) is -0.103. The molecule has 3 saturated heterocycles. The summed E-state index contributed by atoms with van der Waals surface area (Å²) in [5.74, 6) is -1.62. The van der Waals surface area contributed by atoms with Gasteiger partial charge in [-0.3, -0.25) is 4.79 Å². The number of likely N-dealkylation sites (N-methyl/N-ethyl adjacent to an activating group) is 1. The van der Waals surface area contributed by atoms with E-state index < -0.39 is 23.1 Å². The lowest BCUT2D eigenvalue weighted by atomic mass is 9.96. The second-order valence-electron chi connectivity index (χ2n) is 6.30. The fourth-order valence-electron chi connectivity index (χ4n) is 3.49. The van der Waals surface area contributed by atoms with Crippen molar-refractivity contribution in [2.45, 2.75) is 25.8 Å². The minimum absolute atomic E-state index is 0.295. The first-order chi connectivity index (χ1) is 9.97. The molecule has 0 N–H and O–H groups in total. The third-order valence-corrected chi connectivity index (χ3v) is 4.77. The second kappa shape index (κ2) is 5.37. The van der Waals surface area contributed by atoms with Crippen LogP contribution >= 0.6 is 0 Å². The fourth-order valence-corrected chi connectivity index (χ4v) is 3.49. The van der Waals surface area contributed by atoms with Gasteiger partial charge in [-0.2, -0.15) is 0 Å². The number of fused-ring (bicyclic) bond motifs is 4. The quantitative estimate of drug-likeness (QED) is 0.794. The van der Waals surface area contributed by atoms with Gasteiger partial charge in [0.2, 0.25) is 0 Å². The Balaban J connectivity index is 1.91. The Labute approximate surface area is 123 Å². The number of carbonyl (C=O) groups excluding carboxylic acids is 1. The van der Waals surface area contributed by atoms with Crippen molar-refractivity contribution in [2.75, 3.05) is 26.7 Å². The van der Waals surface area contributed by atoms with E-state index in [2.05, 4.69) is 11.9 Å². The molecule has 1 aromatic carbocycles. The molecular formula is C16H20F2N2O. The Kier molecular flexibility index (Phi) is 3.69. The summed E-state index contributed by atoms with van der Waals surface area (Å²) in [6.45, 7) is 3.64. The molecule has 1 aromatic rings. The van der Waals surface area contributed by atoms with E-state index in [0.717, 1.165) is 19.4 Å². The van der Waals surface area contributed by atoms with Crippen molar-refractivity contribution in [3.05, 3.63) is 34.9 Å². The van der Waals surface area contributed by atoms with E-state index in [-0.39, 0.29) is 0 Å². The molecular weight excluding hydrogens is 274 g/mol. The Morgan fingerprint density at radius 3 is 2.67 bits per heavy atom. The van der Waals surface area contributed by atoms with Crippen molar-refractivity contribution in [1.82, 2.24) is 9.80 Å². The van der Waals surface area contributed by atoms with E-state index in [1.807, 2.05) is 0 Å². The Morgan fingerprint density at radius 2 is 1.95 bits per heavy atom. The molecule has 0 unspecified atom stereocenters. The van der Waals surface area contributed by atoms with Crippen molar-refractivity contribution in [3.8, 4) is 0 Å². The predicted molar refractivity (Wildman–Crippen MR) is 76.1 cm³/mol. The van der Waals surface area contributed by atoms with Gasteiger partial charge in [0.15, 0.2) is 0 Å². The Morgan fingerprint density at radius 1 is 1.19 bits per heavy atom. The van der Waals surface area contributed by atoms with Crippen LogP contribution < -0.4 is 0 Å². The van der Waals surface area contributed by atoms with Gasteiger partial charge >= 0.3 is 0 Å². The van der Waals surface area contributed by atoms with Crippen LogP contribution in [0.5, 0.6) is 0 Å². The highest BCUT2D eigenvalue weighted by Gasteiger charge is 2.36. The predicted octanol–water partition coefficient (Wildman–Crippen LogP) is 2.44. The molecule has 0 radical (unpaired) electrons. The molecule has 0 saturated carbocycles. The molecule has 4 rings (SSSR count). The topological polar surface area (TPSA) is 23.6 Å². The summed E-state index contributed by atoms with van der Waals surface area (Å²) in [5, 5.41) is 0. The minimum Gasteiger partial charge on any atom is -0.337 e. The van der Waals surface area contributed by atoms with Gasteiger partial charge in [-0.25, -0.2) is 8.78 Å². The van der Waals surface area contributed by atoms with Crippen LogP contribution in [0.3, 0.4) is 0 Å². The number of carbonyl (C=O) groups is 1. The summed E-state index contributed by atoms with van der Waals surface area (Å²) in [7, 11) is 2.05. The highest BCUT2D eigenvalue weighted by molar-refractivity contribution is 5.95. The van der Waals surface area contributed by atoms with Crippen LogP contribution in [0.2, 0.25) is 0 Å².